The van der Waals surface area contributed by atoms with Gasteiger partial charge in [0, 0.05) is 17.4 Å². The van der Waals surface area contributed by atoms with E-state index in [0.717, 1.165) is 35.5 Å². The van der Waals surface area contributed by atoms with Crippen molar-refractivity contribution in [1.29, 1.82) is 0 Å². The predicted molar refractivity (Wildman–Crippen MR) is 141 cm³/mol. The minimum atomic E-state index is -0.370. The first kappa shape index (κ1) is 21.4. The molecule has 5 rings (SSSR count). The lowest BCUT2D eigenvalue weighted by Gasteiger charge is -2.14. The smallest absolute Gasteiger partial charge is 0.525 e. The molecule has 4 aromatic carbocycles. The third-order valence-corrected chi connectivity index (χ3v) is 6.30. The number of allylic oxidation sites excluding steroid dienone is 4. The molecule has 0 N–H and O–H groups in total. The first-order valence-electron chi connectivity index (χ1n) is 11.8. The van der Waals surface area contributed by atoms with E-state index in [1.165, 1.54) is 32.7 Å². The van der Waals surface area contributed by atoms with Crippen molar-refractivity contribution in [3.05, 3.63) is 96.1 Å². The highest BCUT2D eigenvalue weighted by Crippen LogP contribution is 2.47. The van der Waals surface area contributed by atoms with Crippen LogP contribution < -0.4 is 9.31 Å². The Morgan fingerprint density at radius 1 is 0.697 bits per heavy atom. The fourth-order valence-corrected chi connectivity index (χ4v) is 4.61. The minimum Gasteiger partial charge on any atom is -0.525 e. The van der Waals surface area contributed by atoms with E-state index in [4.69, 9.17) is 9.31 Å². The Kier molecular flexibility index (Phi) is 5.96. The summed E-state index contributed by atoms with van der Waals surface area (Å²) in [6.45, 7) is 6.49. The van der Waals surface area contributed by atoms with Crippen molar-refractivity contribution in [2.45, 2.75) is 39.9 Å². The Balaban J connectivity index is 1.58. The van der Waals surface area contributed by atoms with E-state index in [1.54, 1.807) is 0 Å². The second-order valence-electron chi connectivity index (χ2n) is 9.09. The van der Waals surface area contributed by atoms with E-state index < -0.39 is 0 Å². The van der Waals surface area contributed by atoms with Gasteiger partial charge in [-0.15, -0.1) is 0 Å². The van der Waals surface area contributed by atoms with E-state index in [1.807, 2.05) is 0 Å². The van der Waals surface area contributed by atoms with Crippen LogP contribution >= 0.6 is 0 Å². The van der Waals surface area contributed by atoms with Gasteiger partial charge < -0.3 is 9.31 Å². The van der Waals surface area contributed by atoms with Gasteiger partial charge in [-0.2, -0.15) is 0 Å². The zero-order chi connectivity index (χ0) is 22.8. The Morgan fingerprint density at radius 2 is 1.24 bits per heavy atom. The average Bonchev–Trinajstić information content (AvgIpc) is 2.99. The molecule has 0 amide bonds. The Bertz CT molecular complexity index is 1290. The quantitative estimate of drug-likeness (QED) is 0.232. The average molecular weight is 432 g/mol. The zero-order valence-electron chi connectivity index (χ0n) is 19.6. The summed E-state index contributed by atoms with van der Waals surface area (Å²) >= 11 is 0. The lowest BCUT2D eigenvalue weighted by molar-refractivity contribution is 0.434. The highest BCUT2D eigenvalue weighted by atomic mass is 16.6. The number of hydrogen-bond acceptors (Lipinski definition) is 2. The highest BCUT2D eigenvalue weighted by molar-refractivity contribution is 6.47. The fraction of sp³-hybridized carbons (Fsp3) is 0.200. The molecule has 3 heteroatoms. The maximum atomic E-state index is 6.51. The number of rotatable bonds is 5. The van der Waals surface area contributed by atoms with Crippen LogP contribution in [0.1, 0.15) is 33.6 Å². The molecule has 0 radical (unpaired) electrons. The summed E-state index contributed by atoms with van der Waals surface area (Å²) in [5.74, 6) is 1.76. The fourth-order valence-electron chi connectivity index (χ4n) is 4.61. The molecule has 0 saturated carbocycles. The van der Waals surface area contributed by atoms with Crippen molar-refractivity contribution in [2.24, 2.45) is 0 Å². The van der Waals surface area contributed by atoms with Gasteiger partial charge in [-0.25, -0.2) is 0 Å². The summed E-state index contributed by atoms with van der Waals surface area (Å²) in [7, 11) is -0.370. The van der Waals surface area contributed by atoms with Crippen LogP contribution in [0, 0.1) is 0 Å². The number of benzene rings is 4. The van der Waals surface area contributed by atoms with Gasteiger partial charge in [0.1, 0.15) is 11.5 Å². The predicted octanol–water partition coefficient (Wildman–Crippen LogP) is 8.61. The molecule has 164 valence electrons. The highest BCUT2D eigenvalue weighted by Gasteiger charge is 2.30. The molecule has 1 aliphatic heterocycles. The van der Waals surface area contributed by atoms with Crippen LogP contribution in [0.2, 0.25) is 6.32 Å². The van der Waals surface area contributed by atoms with Gasteiger partial charge in [-0.1, -0.05) is 84.0 Å². The molecule has 0 bridgehead atoms. The van der Waals surface area contributed by atoms with Gasteiger partial charge in [0.25, 0.3) is 0 Å². The molecule has 0 spiro atoms. The van der Waals surface area contributed by atoms with Crippen molar-refractivity contribution < 1.29 is 9.31 Å². The van der Waals surface area contributed by atoms with Crippen molar-refractivity contribution in [3.63, 3.8) is 0 Å². The van der Waals surface area contributed by atoms with Gasteiger partial charge in [0.05, 0.1) is 0 Å². The van der Waals surface area contributed by atoms with Gasteiger partial charge >= 0.3 is 7.12 Å². The van der Waals surface area contributed by atoms with Gasteiger partial charge in [0.2, 0.25) is 0 Å². The molecule has 0 aromatic heterocycles. The summed E-state index contributed by atoms with van der Waals surface area (Å²) in [6.07, 6.45) is 7.38. The molecule has 4 aromatic rings. The summed E-state index contributed by atoms with van der Waals surface area (Å²) < 4.78 is 13.0. The first-order chi connectivity index (χ1) is 16.1. The van der Waals surface area contributed by atoms with Crippen molar-refractivity contribution in [2.75, 3.05) is 0 Å². The lowest BCUT2D eigenvalue weighted by Crippen LogP contribution is -2.28. The Hall–Kier alpha value is -3.46. The summed E-state index contributed by atoms with van der Waals surface area (Å²) in [5, 5.41) is 4.77. The van der Waals surface area contributed by atoms with Crippen LogP contribution in [0.5, 0.6) is 11.5 Å². The standard InChI is InChI=1S/C30H29BO2/c1-21(2)9-8-10-22(3)19-20-31-32-27-17-15-23-11-4-6-13-25(23)29(27)30-26-14-7-5-12-24(26)16-18-28(30)33-31/h4-7,9,11-19H,8,10,20H2,1-3H3/b22-19+. The third-order valence-electron chi connectivity index (χ3n) is 6.30. The second kappa shape index (κ2) is 9.19. The second-order valence-corrected chi connectivity index (χ2v) is 9.09. The lowest BCUT2D eigenvalue weighted by atomic mass is 9.83. The zero-order valence-corrected chi connectivity index (χ0v) is 19.6. The van der Waals surface area contributed by atoms with E-state index in [2.05, 4.69) is 106 Å². The molecule has 0 unspecified atom stereocenters. The molecule has 0 aliphatic carbocycles. The van der Waals surface area contributed by atoms with Crippen LogP contribution in [-0.2, 0) is 0 Å². The van der Waals surface area contributed by atoms with Crippen LogP contribution in [-0.4, -0.2) is 7.12 Å². The molecule has 1 heterocycles. The first-order valence-corrected chi connectivity index (χ1v) is 11.8. The third kappa shape index (κ3) is 4.41. The van der Waals surface area contributed by atoms with Gasteiger partial charge in [-0.3, -0.25) is 0 Å². The van der Waals surface area contributed by atoms with Crippen LogP contribution in [0.3, 0.4) is 0 Å². The van der Waals surface area contributed by atoms with Crippen molar-refractivity contribution >= 4 is 28.7 Å². The molecule has 33 heavy (non-hydrogen) atoms. The van der Waals surface area contributed by atoms with Crippen molar-refractivity contribution in [3.8, 4) is 22.6 Å². The van der Waals surface area contributed by atoms with Gasteiger partial charge in [-0.05, 0) is 67.3 Å². The van der Waals surface area contributed by atoms with E-state index >= 15 is 0 Å². The van der Waals surface area contributed by atoms with Crippen LogP contribution in [0.15, 0.2) is 96.1 Å². The van der Waals surface area contributed by atoms with Crippen LogP contribution in [0.4, 0.5) is 0 Å². The largest absolute Gasteiger partial charge is 0.598 e. The van der Waals surface area contributed by atoms with Crippen molar-refractivity contribution in [1.82, 2.24) is 0 Å². The summed E-state index contributed by atoms with van der Waals surface area (Å²) in [5.41, 5.74) is 4.96. The van der Waals surface area contributed by atoms with Gasteiger partial charge in [0.15, 0.2) is 0 Å². The molecule has 2 nitrogen and oxygen atoms in total. The molecule has 0 saturated heterocycles. The molecule has 0 fully saturated rings. The Labute approximate surface area is 196 Å². The molecule has 1 aliphatic rings. The topological polar surface area (TPSA) is 18.5 Å². The van der Waals surface area contributed by atoms with E-state index in [0.29, 0.717) is 6.32 Å². The number of hydrogen-bond donors (Lipinski definition) is 0. The normalized spacial score (nSPS) is 13.1. The maximum absolute atomic E-state index is 6.51. The molecular weight excluding hydrogens is 403 g/mol. The van der Waals surface area contributed by atoms with E-state index in [9.17, 15) is 0 Å². The molecular formula is C30H29BO2. The Morgan fingerprint density at radius 3 is 1.79 bits per heavy atom. The van der Waals surface area contributed by atoms with E-state index in [-0.39, 0.29) is 7.12 Å². The minimum absolute atomic E-state index is 0.370. The molecule has 0 atom stereocenters. The monoisotopic (exact) mass is 432 g/mol. The summed E-state index contributed by atoms with van der Waals surface area (Å²) in [4.78, 5) is 0. The van der Waals surface area contributed by atoms with Crippen LogP contribution in [0.25, 0.3) is 32.7 Å². The maximum Gasteiger partial charge on any atom is 0.598 e. The number of fused-ring (bicyclic) bond motifs is 7. The SMILES string of the molecule is CC(C)=CCC/C(C)=C/CB1Oc2ccc3ccccc3c2-c2c(ccc3ccccc23)O1. The summed E-state index contributed by atoms with van der Waals surface area (Å²) in [6, 6.07) is 25.5.